The Balaban J connectivity index is 2.71. The molecule has 0 spiro atoms. The first-order valence-corrected chi connectivity index (χ1v) is 6.29. The van der Waals surface area contributed by atoms with Crippen molar-refractivity contribution in [2.45, 2.75) is 33.2 Å². The lowest BCUT2D eigenvalue weighted by Crippen LogP contribution is -2.58. The number of nitrogens with one attached hydrogen (secondary N) is 1. The molecule has 1 heterocycles. The minimum Gasteiger partial charge on any atom is -0.464 e. The molecule has 5 nitrogen and oxygen atoms in total. The number of carbonyl (C=O) groups excluding carboxylic acids is 2. The molecule has 0 aromatic carbocycles. The van der Waals surface area contributed by atoms with E-state index in [0.29, 0.717) is 19.7 Å². The number of carbonyl (C=O) groups is 2. The van der Waals surface area contributed by atoms with Crippen LogP contribution >= 0.6 is 0 Å². The molecular formula is C12H22N2O3. The van der Waals surface area contributed by atoms with E-state index in [-0.39, 0.29) is 17.8 Å². The zero-order chi connectivity index (χ0) is 12.8. The number of hydrogen-bond donors (Lipinski definition) is 1. The van der Waals surface area contributed by atoms with Gasteiger partial charge in [0.05, 0.1) is 6.61 Å². The number of amides is 1. The average molecular weight is 242 g/mol. The molecule has 0 saturated carbocycles. The van der Waals surface area contributed by atoms with Crippen LogP contribution in [0.4, 0.5) is 0 Å². The lowest BCUT2D eigenvalue weighted by Gasteiger charge is -2.35. The van der Waals surface area contributed by atoms with Crippen LogP contribution in [0.5, 0.6) is 0 Å². The lowest BCUT2D eigenvalue weighted by molar-refractivity contribution is -0.157. The van der Waals surface area contributed by atoms with Gasteiger partial charge in [-0.2, -0.15) is 0 Å². The zero-order valence-corrected chi connectivity index (χ0v) is 10.9. The molecule has 2 unspecified atom stereocenters. The van der Waals surface area contributed by atoms with Gasteiger partial charge in [-0.3, -0.25) is 4.79 Å². The van der Waals surface area contributed by atoms with E-state index in [2.05, 4.69) is 5.32 Å². The van der Waals surface area contributed by atoms with E-state index in [1.807, 2.05) is 13.8 Å². The van der Waals surface area contributed by atoms with Crippen molar-refractivity contribution in [3.63, 3.8) is 0 Å². The molecule has 1 rings (SSSR count). The predicted molar refractivity (Wildman–Crippen MR) is 64.5 cm³/mol. The molecule has 1 saturated heterocycles. The molecule has 0 bridgehead atoms. The van der Waals surface area contributed by atoms with Crippen molar-refractivity contribution in [1.82, 2.24) is 10.2 Å². The Morgan fingerprint density at radius 2 is 2.18 bits per heavy atom. The smallest absolute Gasteiger partial charge is 0.330 e. The molecule has 1 aliphatic heterocycles. The van der Waals surface area contributed by atoms with Crippen LogP contribution in [0.25, 0.3) is 0 Å². The summed E-state index contributed by atoms with van der Waals surface area (Å²) in [6.45, 7) is 7.79. The summed E-state index contributed by atoms with van der Waals surface area (Å²) < 4.78 is 5.00. The summed E-state index contributed by atoms with van der Waals surface area (Å²) in [5.74, 6) is -0.298. The fraction of sp³-hybridized carbons (Fsp3) is 0.833. The van der Waals surface area contributed by atoms with E-state index in [1.54, 1.807) is 11.8 Å². The summed E-state index contributed by atoms with van der Waals surface area (Å²) in [4.78, 5) is 25.6. The number of rotatable bonds is 4. The number of hydrogen-bond acceptors (Lipinski definition) is 4. The second-order valence-corrected chi connectivity index (χ2v) is 4.31. The molecule has 5 heteroatoms. The van der Waals surface area contributed by atoms with Crippen molar-refractivity contribution in [1.29, 1.82) is 0 Å². The molecule has 0 aromatic heterocycles. The van der Waals surface area contributed by atoms with E-state index in [1.165, 1.54) is 0 Å². The molecule has 98 valence electrons. The first-order valence-electron chi connectivity index (χ1n) is 6.29. The van der Waals surface area contributed by atoms with Gasteiger partial charge >= 0.3 is 5.97 Å². The van der Waals surface area contributed by atoms with Crippen molar-refractivity contribution < 1.29 is 14.3 Å². The van der Waals surface area contributed by atoms with Gasteiger partial charge in [-0.25, -0.2) is 4.79 Å². The van der Waals surface area contributed by atoms with Gasteiger partial charge in [0, 0.05) is 25.6 Å². The summed E-state index contributed by atoms with van der Waals surface area (Å²) in [5, 5.41) is 3.12. The second-order valence-electron chi connectivity index (χ2n) is 4.31. The number of esters is 1. The van der Waals surface area contributed by atoms with Crippen LogP contribution < -0.4 is 5.32 Å². The highest BCUT2D eigenvalue weighted by Crippen LogP contribution is 2.13. The Labute approximate surface area is 102 Å². The fourth-order valence-corrected chi connectivity index (χ4v) is 1.87. The van der Waals surface area contributed by atoms with E-state index in [4.69, 9.17) is 4.74 Å². The van der Waals surface area contributed by atoms with Gasteiger partial charge in [0.25, 0.3) is 0 Å². The van der Waals surface area contributed by atoms with Crippen LogP contribution in [-0.2, 0) is 14.3 Å². The van der Waals surface area contributed by atoms with E-state index in [9.17, 15) is 9.59 Å². The Bertz CT molecular complexity index is 281. The van der Waals surface area contributed by atoms with Gasteiger partial charge in [-0.1, -0.05) is 13.8 Å². The van der Waals surface area contributed by atoms with Crippen molar-refractivity contribution in [2.24, 2.45) is 5.92 Å². The Morgan fingerprint density at radius 3 is 2.76 bits per heavy atom. The summed E-state index contributed by atoms with van der Waals surface area (Å²) in [5.41, 5.74) is 0. The van der Waals surface area contributed by atoms with Crippen LogP contribution in [0, 0.1) is 5.92 Å². The quantitative estimate of drug-likeness (QED) is 0.725. The Kier molecular flexibility index (Phi) is 5.41. The average Bonchev–Trinajstić information content (AvgIpc) is 2.37. The highest BCUT2D eigenvalue weighted by Gasteiger charge is 2.34. The largest absolute Gasteiger partial charge is 0.464 e. The highest BCUT2D eigenvalue weighted by molar-refractivity contribution is 5.86. The van der Waals surface area contributed by atoms with Crippen molar-refractivity contribution in [3.8, 4) is 0 Å². The maximum absolute atomic E-state index is 12.1. The maximum atomic E-state index is 12.1. The van der Waals surface area contributed by atoms with Crippen LogP contribution in [0.2, 0.25) is 0 Å². The SMILES string of the molecule is CCOC(=O)C1CNCCN1C(=O)C(C)CC. The minimum absolute atomic E-state index is 0.0370. The van der Waals surface area contributed by atoms with Gasteiger partial charge in [-0.05, 0) is 13.3 Å². The molecule has 2 atom stereocenters. The third kappa shape index (κ3) is 3.43. The topological polar surface area (TPSA) is 58.6 Å². The Morgan fingerprint density at radius 1 is 1.47 bits per heavy atom. The van der Waals surface area contributed by atoms with Crippen molar-refractivity contribution >= 4 is 11.9 Å². The molecule has 1 amide bonds. The van der Waals surface area contributed by atoms with Gasteiger partial charge in [0.15, 0.2) is 0 Å². The highest BCUT2D eigenvalue weighted by atomic mass is 16.5. The fourth-order valence-electron chi connectivity index (χ4n) is 1.87. The summed E-state index contributed by atoms with van der Waals surface area (Å²) >= 11 is 0. The predicted octanol–water partition coefficient (Wildman–Crippen LogP) is 0.396. The van der Waals surface area contributed by atoms with Crippen LogP contribution in [0.1, 0.15) is 27.2 Å². The van der Waals surface area contributed by atoms with Crippen molar-refractivity contribution in [3.05, 3.63) is 0 Å². The van der Waals surface area contributed by atoms with Gasteiger partial charge < -0.3 is 15.0 Å². The van der Waals surface area contributed by atoms with Crippen LogP contribution in [-0.4, -0.2) is 49.1 Å². The van der Waals surface area contributed by atoms with Gasteiger partial charge in [0.1, 0.15) is 6.04 Å². The molecule has 17 heavy (non-hydrogen) atoms. The number of nitrogens with zero attached hydrogens (tertiary/aromatic N) is 1. The molecule has 1 N–H and O–H groups in total. The molecule has 0 radical (unpaired) electrons. The summed E-state index contributed by atoms with van der Waals surface area (Å²) in [7, 11) is 0. The van der Waals surface area contributed by atoms with Crippen LogP contribution in [0.3, 0.4) is 0 Å². The van der Waals surface area contributed by atoms with E-state index >= 15 is 0 Å². The van der Waals surface area contributed by atoms with Gasteiger partial charge in [-0.15, -0.1) is 0 Å². The molecule has 0 aromatic rings. The first kappa shape index (κ1) is 14.0. The van der Waals surface area contributed by atoms with E-state index < -0.39 is 6.04 Å². The van der Waals surface area contributed by atoms with Crippen molar-refractivity contribution in [2.75, 3.05) is 26.2 Å². The standard InChI is InChI=1S/C12H22N2O3/c1-4-9(3)11(15)14-7-6-13-8-10(14)12(16)17-5-2/h9-10,13H,4-8H2,1-3H3. The monoisotopic (exact) mass is 242 g/mol. The zero-order valence-electron chi connectivity index (χ0n) is 10.9. The molecule has 1 fully saturated rings. The van der Waals surface area contributed by atoms with E-state index in [0.717, 1.165) is 13.0 Å². The van der Waals surface area contributed by atoms with Crippen LogP contribution in [0.15, 0.2) is 0 Å². The number of ether oxygens (including phenoxy) is 1. The number of piperazine rings is 1. The molecule has 1 aliphatic rings. The summed E-state index contributed by atoms with van der Waals surface area (Å²) in [6, 6.07) is -0.467. The Hall–Kier alpha value is -1.10. The van der Waals surface area contributed by atoms with Gasteiger partial charge in [0.2, 0.25) is 5.91 Å². The minimum atomic E-state index is -0.467. The second kappa shape index (κ2) is 6.59. The molecular weight excluding hydrogens is 220 g/mol. The third-order valence-electron chi connectivity index (χ3n) is 3.12. The summed E-state index contributed by atoms with van der Waals surface area (Å²) in [6.07, 6.45) is 0.790. The lowest BCUT2D eigenvalue weighted by atomic mass is 10.0. The molecule has 0 aliphatic carbocycles. The maximum Gasteiger partial charge on any atom is 0.330 e. The first-order chi connectivity index (χ1) is 8.11. The normalized spacial score (nSPS) is 22.1. The third-order valence-corrected chi connectivity index (χ3v) is 3.12.